The molecule has 31 heavy (non-hydrogen) atoms. The number of nitro benzene ring substituents is 1. The summed E-state index contributed by atoms with van der Waals surface area (Å²) in [6.07, 6.45) is 2.62. The van der Waals surface area contributed by atoms with Gasteiger partial charge in [0.05, 0.1) is 4.92 Å². The molecule has 3 aromatic rings. The van der Waals surface area contributed by atoms with Gasteiger partial charge in [-0.05, 0) is 39.9 Å². The molecule has 0 saturated carbocycles. The number of carbonyl (C=O) groups is 1. The summed E-state index contributed by atoms with van der Waals surface area (Å²) in [5.41, 5.74) is 4.47. The highest BCUT2D eigenvalue weighted by Crippen LogP contribution is 2.44. The van der Waals surface area contributed by atoms with Crippen LogP contribution in [0, 0.1) is 15.9 Å². The molecule has 4 rings (SSSR count). The van der Waals surface area contributed by atoms with Crippen LogP contribution in [0.5, 0.6) is 0 Å². The number of fused-ring (bicyclic) bond motifs is 3. The lowest BCUT2D eigenvalue weighted by Crippen LogP contribution is -2.26. The van der Waals surface area contributed by atoms with E-state index in [4.69, 9.17) is 4.74 Å². The smallest absolute Gasteiger partial charge is 0.407 e. The van der Waals surface area contributed by atoms with E-state index in [9.17, 15) is 19.3 Å². The Bertz CT molecular complexity index is 1130. The van der Waals surface area contributed by atoms with E-state index in [1.54, 1.807) is 12.2 Å². The third-order valence-electron chi connectivity index (χ3n) is 5.19. The predicted molar refractivity (Wildman–Crippen MR) is 115 cm³/mol. The van der Waals surface area contributed by atoms with Gasteiger partial charge in [0.15, 0.2) is 0 Å². The maximum absolute atomic E-state index is 13.6. The third-order valence-corrected chi connectivity index (χ3v) is 5.19. The standard InChI is InChI=1S/C24H19FN2O4/c25-22-14-16(11-12-23(22)27(29)30)6-5-13-26-24(28)31-15-21-19-9-3-1-7-17(19)18-8-2-4-10-20(18)21/h1-12,14,21H,13,15H2,(H,26,28). The molecule has 156 valence electrons. The lowest BCUT2D eigenvalue weighted by Gasteiger charge is -2.14. The normalized spacial score (nSPS) is 12.4. The van der Waals surface area contributed by atoms with E-state index in [0.717, 1.165) is 34.4 Å². The summed E-state index contributed by atoms with van der Waals surface area (Å²) in [4.78, 5) is 22.0. The van der Waals surface area contributed by atoms with Crippen molar-refractivity contribution < 1.29 is 18.8 Å². The molecule has 0 atom stereocenters. The van der Waals surface area contributed by atoms with E-state index in [0.29, 0.717) is 5.56 Å². The van der Waals surface area contributed by atoms with Gasteiger partial charge in [0.25, 0.3) is 0 Å². The molecule has 0 fully saturated rings. The Kier molecular flexibility index (Phi) is 5.75. The number of amides is 1. The van der Waals surface area contributed by atoms with Crippen molar-refractivity contribution in [2.45, 2.75) is 5.92 Å². The zero-order chi connectivity index (χ0) is 21.8. The van der Waals surface area contributed by atoms with Gasteiger partial charge in [-0.25, -0.2) is 4.79 Å². The summed E-state index contributed by atoms with van der Waals surface area (Å²) in [5, 5.41) is 13.3. The van der Waals surface area contributed by atoms with Crippen molar-refractivity contribution in [3.63, 3.8) is 0 Å². The molecule has 3 aromatic carbocycles. The minimum absolute atomic E-state index is 0.0169. The number of ether oxygens (including phenoxy) is 1. The maximum atomic E-state index is 13.6. The zero-order valence-corrected chi connectivity index (χ0v) is 16.5. The maximum Gasteiger partial charge on any atom is 0.407 e. The quantitative estimate of drug-likeness (QED) is 0.436. The molecule has 0 bridgehead atoms. The van der Waals surface area contributed by atoms with Crippen molar-refractivity contribution in [3.05, 3.63) is 105 Å². The molecule has 0 aliphatic heterocycles. The number of nitrogens with zero attached hydrogens (tertiary/aromatic N) is 1. The van der Waals surface area contributed by atoms with E-state index in [2.05, 4.69) is 17.4 Å². The first kappa shape index (κ1) is 20.3. The Morgan fingerprint density at radius 3 is 2.32 bits per heavy atom. The number of alkyl carbamates (subject to hydrolysis) is 1. The fourth-order valence-electron chi connectivity index (χ4n) is 3.76. The summed E-state index contributed by atoms with van der Waals surface area (Å²) in [5.74, 6) is -0.923. The van der Waals surface area contributed by atoms with Crippen molar-refractivity contribution >= 4 is 17.9 Å². The fourth-order valence-corrected chi connectivity index (χ4v) is 3.76. The van der Waals surface area contributed by atoms with E-state index < -0.39 is 22.5 Å². The Hall–Kier alpha value is -4.00. The number of hydrogen-bond acceptors (Lipinski definition) is 4. The molecule has 1 amide bonds. The lowest BCUT2D eigenvalue weighted by atomic mass is 9.98. The summed E-state index contributed by atoms with van der Waals surface area (Å²) in [6, 6.07) is 19.8. The highest BCUT2D eigenvalue weighted by atomic mass is 19.1. The van der Waals surface area contributed by atoms with E-state index in [1.165, 1.54) is 6.07 Å². The monoisotopic (exact) mass is 418 g/mol. The van der Waals surface area contributed by atoms with Crippen LogP contribution in [0.3, 0.4) is 0 Å². The van der Waals surface area contributed by atoms with Crippen LogP contribution in [0.2, 0.25) is 0 Å². The Labute approximate surface area is 178 Å². The van der Waals surface area contributed by atoms with Gasteiger partial charge in [-0.15, -0.1) is 0 Å². The second kappa shape index (κ2) is 8.79. The molecule has 7 heteroatoms. The molecule has 0 heterocycles. The Morgan fingerprint density at radius 1 is 1.06 bits per heavy atom. The van der Waals surface area contributed by atoms with Crippen molar-refractivity contribution in [3.8, 4) is 11.1 Å². The number of rotatable bonds is 6. The molecule has 0 unspecified atom stereocenters. The van der Waals surface area contributed by atoms with Gasteiger partial charge in [-0.3, -0.25) is 10.1 Å². The first-order chi connectivity index (χ1) is 15.0. The van der Waals surface area contributed by atoms with Gasteiger partial charge >= 0.3 is 11.8 Å². The molecule has 1 N–H and O–H groups in total. The van der Waals surface area contributed by atoms with Crippen molar-refractivity contribution in [1.29, 1.82) is 0 Å². The lowest BCUT2D eigenvalue weighted by molar-refractivity contribution is -0.387. The largest absolute Gasteiger partial charge is 0.449 e. The van der Waals surface area contributed by atoms with Gasteiger partial charge in [0.1, 0.15) is 6.61 Å². The van der Waals surface area contributed by atoms with Gasteiger partial charge in [0.2, 0.25) is 5.82 Å². The van der Waals surface area contributed by atoms with E-state index in [-0.39, 0.29) is 19.1 Å². The van der Waals surface area contributed by atoms with Gasteiger partial charge in [-0.2, -0.15) is 4.39 Å². The van der Waals surface area contributed by atoms with Crippen LogP contribution in [0.4, 0.5) is 14.9 Å². The average Bonchev–Trinajstić information content (AvgIpc) is 3.09. The number of benzene rings is 3. The minimum Gasteiger partial charge on any atom is -0.449 e. The van der Waals surface area contributed by atoms with Crippen LogP contribution in [0.1, 0.15) is 22.6 Å². The average molecular weight is 418 g/mol. The first-order valence-corrected chi connectivity index (χ1v) is 9.74. The topological polar surface area (TPSA) is 81.5 Å². The van der Waals surface area contributed by atoms with Crippen molar-refractivity contribution in [2.24, 2.45) is 0 Å². The molecule has 1 aliphatic carbocycles. The molecular weight excluding hydrogens is 399 g/mol. The summed E-state index contributed by atoms with van der Waals surface area (Å²) in [7, 11) is 0. The predicted octanol–water partition coefficient (Wildman–Crippen LogP) is 5.29. The molecule has 6 nitrogen and oxygen atoms in total. The Balaban J connectivity index is 1.32. The van der Waals surface area contributed by atoms with Crippen LogP contribution in [-0.2, 0) is 4.74 Å². The van der Waals surface area contributed by atoms with E-state index in [1.807, 2.05) is 36.4 Å². The number of carbonyl (C=O) groups excluding carboxylic acids is 1. The van der Waals surface area contributed by atoms with Crippen molar-refractivity contribution in [2.75, 3.05) is 13.2 Å². The molecule has 0 saturated heterocycles. The van der Waals surface area contributed by atoms with Gasteiger partial charge < -0.3 is 10.1 Å². The van der Waals surface area contributed by atoms with Gasteiger partial charge in [0, 0.05) is 18.5 Å². The van der Waals surface area contributed by atoms with E-state index >= 15 is 0 Å². The van der Waals surface area contributed by atoms with Crippen LogP contribution in [0.15, 0.2) is 72.8 Å². The third kappa shape index (κ3) is 4.30. The molecular formula is C24H19FN2O4. The number of nitro groups is 1. The van der Waals surface area contributed by atoms with Crippen LogP contribution >= 0.6 is 0 Å². The number of nitrogens with one attached hydrogen (secondary N) is 1. The molecule has 0 spiro atoms. The van der Waals surface area contributed by atoms with Crippen LogP contribution < -0.4 is 5.32 Å². The van der Waals surface area contributed by atoms with Crippen molar-refractivity contribution in [1.82, 2.24) is 5.32 Å². The number of hydrogen-bond donors (Lipinski definition) is 1. The fraction of sp³-hybridized carbons (Fsp3) is 0.125. The number of halogens is 1. The highest BCUT2D eigenvalue weighted by Gasteiger charge is 2.28. The second-order valence-electron chi connectivity index (χ2n) is 7.08. The SMILES string of the molecule is O=C(NCC=Cc1ccc([N+](=O)[O-])c(F)c1)OCC1c2ccccc2-c2ccccc21. The van der Waals surface area contributed by atoms with Gasteiger partial charge in [-0.1, -0.05) is 60.7 Å². The Morgan fingerprint density at radius 2 is 1.71 bits per heavy atom. The summed E-state index contributed by atoms with van der Waals surface area (Å²) < 4.78 is 19.1. The minimum atomic E-state index is -0.906. The summed E-state index contributed by atoms with van der Waals surface area (Å²) in [6.45, 7) is 0.395. The highest BCUT2D eigenvalue weighted by molar-refractivity contribution is 5.79. The molecule has 1 aliphatic rings. The van der Waals surface area contributed by atoms with Crippen LogP contribution in [-0.4, -0.2) is 24.2 Å². The first-order valence-electron chi connectivity index (χ1n) is 9.74. The molecule has 0 radical (unpaired) electrons. The second-order valence-corrected chi connectivity index (χ2v) is 7.08. The molecule has 0 aromatic heterocycles. The van der Waals surface area contributed by atoms with Crippen LogP contribution in [0.25, 0.3) is 17.2 Å². The zero-order valence-electron chi connectivity index (χ0n) is 16.5. The summed E-state index contributed by atoms with van der Waals surface area (Å²) >= 11 is 0.